The second-order valence-electron chi connectivity index (χ2n) is 7.74. The second kappa shape index (κ2) is 8.97. The Hall–Kier alpha value is -3.43. The summed E-state index contributed by atoms with van der Waals surface area (Å²) in [7, 11) is 1.51. The SMILES string of the molecule is CCOC(=O)OC1=CNN2C1NC(c1ccc(O)c(OC)c1)C(C)C2c1ccc(O)cc1. The number of nitrogens with zero attached hydrogens (tertiary/aromatic N) is 1. The highest BCUT2D eigenvalue weighted by molar-refractivity contribution is 5.61. The Morgan fingerprint density at radius 3 is 2.53 bits per heavy atom. The maximum atomic E-state index is 12.0. The number of rotatable bonds is 5. The van der Waals surface area contributed by atoms with E-state index in [0.29, 0.717) is 11.5 Å². The van der Waals surface area contributed by atoms with Crippen molar-refractivity contribution in [2.45, 2.75) is 32.1 Å². The minimum absolute atomic E-state index is 0.0351. The molecule has 32 heavy (non-hydrogen) atoms. The van der Waals surface area contributed by atoms with Crippen LogP contribution in [0, 0.1) is 5.92 Å². The lowest BCUT2D eigenvalue weighted by molar-refractivity contribution is -0.0122. The third-order valence-corrected chi connectivity index (χ3v) is 5.83. The van der Waals surface area contributed by atoms with Crippen molar-refractivity contribution in [1.29, 1.82) is 0 Å². The number of phenols is 2. The summed E-state index contributed by atoms with van der Waals surface area (Å²) in [6, 6.07) is 12.0. The molecule has 1 fully saturated rings. The van der Waals surface area contributed by atoms with E-state index in [-0.39, 0.29) is 36.1 Å². The minimum Gasteiger partial charge on any atom is -0.508 e. The Bertz CT molecular complexity index is 1010. The Morgan fingerprint density at radius 1 is 1.12 bits per heavy atom. The number of hydrazine groups is 1. The minimum atomic E-state index is -0.771. The molecule has 4 rings (SSSR count). The summed E-state index contributed by atoms with van der Waals surface area (Å²) in [6.45, 7) is 4.03. The van der Waals surface area contributed by atoms with Gasteiger partial charge in [-0.05, 0) is 48.2 Å². The highest BCUT2D eigenvalue weighted by Gasteiger charge is 2.47. The molecular formula is C23H27N3O6. The van der Waals surface area contributed by atoms with Crippen molar-refractivity contribution >= 4 is 6.16 Å². The molecule has 0 radical (unpaired) electrons. The molecule has 2 heterocycles. The molecule has 4 unspecified atom stereocenters. The first-order valence-corrected chi connectivity index (χ1v) is 10.4. The number of carbonyl (C=O) groups is 1. The fraction of sp³-hybridized carbons (Fsp3) is 0.348. The van der Waals surface area contributed by atoms with E-state index in [4.69, 9.17) is 14.2 Å². The van der Waals surface area contributed by atoms with Crippen LogP contribution in [0.2, 0.25) is 0 Å². The first-order valence-electron chi connectivity index (χ1n) is 10.4. The molecule has 0 aliphatic carbocycles. The van der Waals surface area contributed by atoms with Crippen molar-refractivity contribution in [2.75, 3.05) is 13.7 Å². The number of methoxy groups -OCH3 is 1. The van der Waals surface area contributed by atoms with Crippen molar-refractivity contribution in [2.24, 2.45) is 5.92 Å². The van der Waals surface area contributed by atoms with Gasteiger partial charge in [-0.25, -0.2) is 4.79 Å². The van der Waals surface area contributed by atoms with Crippen molar-refractivity contribution in [3.05, 3.63) is 65.6 Å². The van der Waals surface area contributed by atoms with Crippen LogP contribution in [-0.2, 0) is 9.47 Å². The van der Waals surface area contributed by atoms with Gasteiger partial charge in [0.15, 0.2) is 17.3 Å². The molecule has 2 aromatic carbocycles. The van der Waals surface area contributed by atoms with Crippen LogP contribution in [0.5, 0.6) is 17.2 Å². The maximum absolute atomic E-state index is 12.0. The topological polar surface area (TPSA) is 113 Å². The number of carbonyl (C=O) groups excluding carboxylic acids is 1. The lowest BCUT2D eigenvalue weighted by Gasteiger charge is -2.47. The summed E-state index contributed by atoms with van der Waals surface area (Å²) in [4.78, 5) is 12.0. The summed E-state index contributed by atoms with van der Waals surface area (Å²) in [6.07, 6.45) is 0.403. The van der Waals surface area contributed by atoms with E-state index >= 15 is 0 Å². The molecule has 9 heteroatoms. The molecule has 0 aromatic heterocycles. The normalized spacial score (nSPS) is 24.8. The zero-order valence-corrected chi connectivity index (χ0v) is 18.1. The van der Waals surface area contributed by atoms with E-state index in [1.54, 1.807) is 37.4 Å². The molecule has 0 saturated carbocycles. The first kappa shape index (κ1) is 21.8. The standard InChI is InChI=1S/C23H27N3O6/c1-4-31-23(29)32-19-12-24-26-21(14-5-8-16(27)9-6-14)13(2)20(25-22(19)26)15-7-10-17(28)18(11-15)30-3/h5-13,20-22,24-25,27-28H,4H2,1-3H3. The monoisotopic (exact) mass is 441 g/mol. The molecule has 1 saturated heterocycles. The van der Waals surface area contributed by atoms with Crippen molar-refractivity contribution in [3.63, 3.8) is 0 Å². The van der Waals surface area contributed by atoms with E-state index < -0.39 is 12.3 Å². The zero-order valence-electron chi connectivity index (χ0n) is 18.1. The Labute approximate surface area is 186 Å². The Morgan fingerprint density at radius 2 is 1.84 bits per heavy atom. The molecule has 0 spiro atoms. The van der Waals surface area contributed by atoms with Crippen LogP contribution in [0.15, 0.2) is 54.4 Å². The zero-order chi connectivity index (χ0) is 22.8. The molecule has 2 aliphatic rings. The summed E-state index contributed by atoms with van der Waals surface area (Å²) in [5.41, 5.74) is 5.10. The largest absolute Gasteiger partial charge is 0.513 e. The molecule has 4 N–H and O–H groups in total. The Kier molecular flexibility index (Phi) is 6.11. The predicted octanol–water partition coefficient (Wildman–Crippen LogP) is 3.29. The van der Waals surface area contributed by atoms with Gasteiger partial charge in [-0.15, -0.1) is 0 Å². The molecule has 2 aliphatic heterocycles. The van der Waals surface area contributed by atoms with Crippen LogP contribution >= 0.6 is 0 Å². The average Bonchev–Trinajstić information content (AvgIpc) is 3.17. The van der Waals surface area contributed by atoms with Gasteiger partial charge in [0.05, 0.1) is 26.0 Å². The van der Waals surface area contributed by atoms with Gasteiger partial charge < -0.3 is 29.8 Å². The predicted molar refractivity (Wildman–Crippen MR) is 116 cm³/mol. The number of nitrogens with one attached hydrogen (secondary N) is 2. The van der Waals surface area contributed by atoms with E-state index in [2.05, 4.69) is 17.7 Å². The van der Waals surface area contributed by atoms with Crippen molar-refractivity contribution in [1.82, 2.24) is 15.8 Å². The Balaban J connectivity index is 1.71. The van der Waals surface area contributed by atoms with Crippen LogP contribution < -0.4 is 15.5 Å². The number of phenolic OH excluding ortho intramolecular Hbond substituents is 2. The van der Waals surface area contributed by atoms with Crippen LogP contribution in [0.1, 0.15) is 37.1 Å². The van der Waals surface area contributed by atoms with Gasteiger partial charge in [0.25, 0.3) is 0 Å². The van der Waals surface area contributed by atoms with Crippen molar-refractivity contribution < 1.29 is 29.2 Å². The number of ether oxygens (including phenoxy) is 3. The molecule has 9 nitrogen and oxygen atoms in total. The molecule has 0 bridgehead atoms. The number of benzene rings is 2. The number of hydrogen-bond donors (Lipinski definition) is 4. The van der Waals surface area contributed by atoms with Crippen LogP contribution in [-0.4, -0.2) is 41.3 Å². The molecule has 170 valence electrons. The highest BCUT2D eigenvalue weighted by atomic mass is 16.7. The molecule has 2 aromatic rings. The van der Waals surface area contributed by atoms with Gasteiger partial charge in [-0.2, -0.15) is 5.01 Å². The highest BCUT2D eigenvalue weighted by Crippen LogP contribution is 2.45. The summed E-state index contributed by atoms with van der Waals surface area (Å²) < 4.78 is 15.7. The van der Waals surface area contributed by atoms with Gasteiger partial charge in [0, 0.05) is 6.04 Å². The summed E-state index contributed by atoms with van der Waals surface area (Å²) >= 11 is 0. The summed E-state index contributed by atoms with van der Waals surface area (Å²) in [5, 5.41) is 25.3. The fourth-order valence-electron chi connectivity index (χ4n) is 4.34. The number of fused-ring (bicyclic) bond motifs is 1. The van der Waals surface area contributed by atoms with Gasteiger partial charge in [-0.3, -0.25) is 5.32 Å². The number of aromatic hydroxyl groups is 2. The summed E-state index contributed by atoms with van der Waals surface area (Å²) in [5.74, 6) is 1.04. The van der Waals surface area contributed by atoms with Gasteiger partial charge >= 0.3 is 6.16 Å². The smallest absolute Gasteiger partial charge is 0.508 e. The average molecular weight is 441 g/mol. The molecule has 0 amide bonds. The second-order valence-corrected chi connectivity index (χ2v) is 7.74. The van der Waals surface area contributed by atoms with E-state index in [1.807, 2.05) is 23.2 Å². The van der Waals surface area contributed by atoms with Gasteiger partial charge in [0.1, 0.15) is 11.9 Å². The first-order chi connectivity index (χ1) is 15.4. The fourth-order valence-corrected chi connectivity index (χ4v) is 4.34. The third-order valence-electron chi connectivity index (χ3n) is 5.83. The van der Waals surface area contributed by atoms with E-state index in [0.717, 1.165) is 11.1 Å². The maximum Gasteiger partial charge on any atom is 0.513 e. The third kappa shape index (κ3) is 4.04. The van der Waals surface area contributed by atoms with Crippen molar-refractivity contribution in [3.8, 4) is 17.2 Å². The lowest BCUT2D eigenvalue weighted by Crippen LogP contribution is -2.58. The molecule has 4 atom stereocenters. The van der Waals surface area contributed by atoms with Gasteiger partial charge in [-0.1, -0.05) is 25.1 Å². The molecular weight excluding hydrogens is 414 g/mol. The van der Waals surface area contributed by atoms with Crippen LogP contribution in [0.4, 0.5) is 4.79 Å². The van der Waals surface area contributed by atoms with Crippen LogP contribution in [0.25, 0.3) is 0 Å². The van der Waals surface area contributed by atoms with E-state index in [9.17, 15) is 15.0 Å². The quantitative estimate of drug-likeness (QED) is 0.519. The van der Waals surface area contributed by atoms with E-state index in [1.165, 1.54) is 7.11 Å². The van der Waals surface area contributed by atoms with Gasteiger partial charge in [0.2, 0.25) is 0 Å². The number of hydrogen-bond acceptors (Lipinski definition) is 9. The van der Waals surface area contributed by atoms with Crippen LogP contribution in [0.3, 0.4) is 0 Å². The lowest BCUT2D eigenvalue weighted by atomic mass is 9.82.